The molecular weight excluding hydrogens is 352 g/mol. The normalized spacial score (nSPS) is 42.0. The third kappa shape index (κ3) is 3.31. The van der Waals surface area contributed by atoms with Crippen LogP contribution in [0, 0.1) is 0 Å². The Kier molecular flexibility index (Phi) is 4.71. The van der Waals surface area contributed by atoms with Crippen molar-refractivity contribution in [2.75, 3.05) is 6.61 Å². The lowest BCUT2D eigenvalue weighted by molar-refractivity contribution is -0.255. The summed E-state index contributed by atoms with van der Waals surface area (Å²) in [6.45, 7) is 1.56. The molecule has 5 rings (SSSR count). The Bertz CT molecular complexity index is 567. The van der Waals surface area contributed by atoms with Crippen LogP contribution in [0.5, 0.6) is 0 Å². The van der Waals surface area contributed by atoms with Crippen molar-refractivity contribution >= 4 is 5.97 Å². The highest BCUT2D eigenvalue weighted by Gasteiger charge is 2.64. The van der Waals surface area contributed by atoms with Crippen LogP contribution in [0.3, 0.4) is 0 Å². The van der Waals surface area contributed by atoms with Crippen LogP contribution in [0.1, 0.15) is 71.1 Å². The van der Waals surface area contributed by atoms with Crippen molar-refractivity contribution in [3.05, 3.63) is 0 Å². The number of esters is 1. The van der Waals surface area contributed by atoms with Crippen LogP contribution in [0.2, 0.25) is 0 Å². The maximum atomic E-state index is 11.3. The molecule has 0 aromatic rings. The van der Waals surface area contributed by atoms with E-state index < -0.39 is 24.0 Å². The monoisotopic (exact) mass is 382 g/mol. The van der Waals surface area contributed by atoms with Gasteiger partial charge in [0, 0.05) is 32.6 Å². The summed E-state index contributed by atoms with van der Waals surface area (Å²) < 4.78 is 37.2. The van der Waals surface area contributed by atoms with Crippen LogP contribution in [0.25, 0.3) is 0 Å². The maximum absolute atomic E-state index is 11.3. The molecule has 2 spiro atoms. The SMILES string of the molecule is CC(=O)OC[C@@H]1O[C@@H]2OC3(CCCCC3)O[C@@H]2[C@@H]2OC3(CCCCC3)O[C@H]21. The number of fused-ring (bicyclic) bond motifs is 3. The third-order valence-corrected chi connectivity index (χ3v) is 6.66. The van der Waals surface area contributed by atoms with Gasteiger partial charge in [0.15, 0.2) is 17.9 Å². The van der Waals surface area contributed by atoms with Gasteiger partial charge in [0.05, 0.1) is 0 Å². The molecule has 152 valence electrons. The van der Waals surface area contributed by atoms with Gasteiger partial charge in [-0.05, 0) is 25.7 Å². The lowest BCUT2D eigenvalue weighted by Crippen LogP contribution is -2.56. The van der Waals surface area contributed by atoms with Gasteiger partial charge in [0.2, 0.25) is 0 Å². The molecule has 0 amide bonds. The summed E-state index contributed by atoms with van der Waals surface area (Å²) in [5, 5.41) is 0. The van der Waals surface area contributed by atoms with Crippen molar-refractivity contribution in [1.29, 1.82) is 0 Å². The first-order valence-electron chi connectivity index (χ1n) is 10.6. The zero-order chi connectivity index (χ0) is 18.5. The Morgan fingerprint density at radius 3 is 2.00 bits per heavy atom. The molecule has 27 heavy (non-hydrogen) atoms. The molecule has 0 N–H and O–H groups in total. The minimum atomic E-state index is -0.555. The Hall–Kier alpha value is -0.730. The molecule has 5 atom stereocenters. The second-order valence-electron chi connectivity index (χ2n) is 8.65. The molecule has 0 bridgehead atoms. The van der Waals surface area contributed by atoms with E-state index in [1.54, 1.807) is 0 Å². The fourth-order valence-corrected chi connectivity index (χ4v) is 5.37. The molecule has 2 aliphatic carbocycles. The first kappa shape index (κ1) is 18.3. The number of carbonyl (C=O) groups is 1. The molecule has 3 aliphatic heterocycles. The van der Waals surface area contributed by atoms with Gasteiger partial charge in [-0.3, -0.25) is 4.79 Å². The summed E-state index contributed by atoms with van der Waals surface area (Å²) >= 11 is 0. The highest BCUT2D eigenvalue weighted by Crippen LogP contribution is 2.50. The Balaban J connectivity index is 1.38. The predicted molar refractivity (Wildman–Crippen MR) is 92.6 cm³/mol. The summed E-state index contributed by atoms with van der Waals surface area (Å²) in [5.41, 5.74) is 0. The molecule has 0 aromatic heterocycles. The van der Waals surface area contributed by atoms with E-state index in [0.717, 1.165) is 51.4 Å². The van der Waals surface area contributed by atoms with E-state index in [4.69, 9.17) is 28.4 Å². The van der Waals surface area contributed by atoms with Gasteiger partial charge >= 0.3 is 5.97 Å². The summed E-state index contributed by atoms with van der Waals surface area (Å²) in [6.07, 6.45) is 8.68. The Labute approximate surface area is 159 Å². The zero-order valence-electron chi connectivity index (χ0n) is 16.0. The summed E-state index contributed by atoms with van der Waals surface area (Å²) in [6, 6.07) is 0. The fraction of sp³-hybridized carbons (Fsp3) is 0.950. The van der Waals surface area contributed by atoms with Gasteiger partial charge < -0.3 is 28.4 Å². The van der Waals surface area contributed by atoms with Gasteiger partial charge in [-0.15, -0.1) is 0 Å². The number of rotatable bonds is 2. The highest BCUT2D eigenvalue weighted by atomic mass is 16.9. The first-order chi connectivity index (χ1) is 13.1. The molecule has 0 radical (unpaired) electrons. The summed E-state index contributed by atoms with van der Waals surface area (Å²) in [7, 11) is 0. The number of ether oxygens (including phenoxy) is 6. The topological polar surface area (TPSA) is 72.5 Å². The van der Waals surface area contributed by atoms with Crippen LogP contribution in [-0.2, 0) is 33.2 Å². The molecule has 5 aliphatic rings. The molecule has 7 nitrogen and oxygen atoms in total. The van der Waals surface area contributed by atoms with E-state index in [1.807, 2.05) is 0 Å². The minimum absolute atomic E-state index is 0.148. The molecule has 7 heteroatoms. The molecule has 0 unspecified atom stereocenters. The van der Waals surface area contributed by atoms with Crippen molar-refractivity contribution in [3.8, 4) is 0 Å². The van der Waals surface area contributed by atoms with E-state index in [9.17, 15) is 4.79 Å². The van der Waals surface area contributed by atoms with Gasteiger partial charge in [-0.1, -0.05) is 12.8 Å². The standard InChI is InChI=1S/C20H30O7/c1-13(21)22-12-14-15-16(25-19(24-15)8-4-2-5-9-19)17-18(23-14)27-20(26-17)10-6-3-7-11-20/h14-18H,2-12H2,1H3/t14-,15-,16+,17+,18+/m0/s1. The summed E-state index contributed by atoms with van der Waals surface area (Å²) in [5.74, 6) is -1.43. The number of hydrogen-bond acceptors (Lipinski definition) is 7. The van der Waals surface area contributed by atoms with E-state index in [-0.39, 0.29) is 30.9 Å². The van der Waals surface area contributed by atoms with E-state index in [2.05, 4.69) is 0 Å². The average molecular weight is 382 g/mol. The van der Waals surface area contributed by atoms with Crippen LogP contribution >= 0.6 is 0 Å². The minimum Gasteiger partial charge on any atom is -0.463 e. The number of carbonyl (C=O) groups excluding carboxylic acids is 1. The first-order valence-corrected chi connectivity index (χ1v) is 10.6. The molecule has 3 heterocycles. The van der Waals surface area contributed by atoms with Crippen molar-refractivity contribution in [3.63, 3.8) is 0 Å². The zero-order valence-corrected chi connectivity index (χ0v) is 16.0. The van der Waals surface area contributed by atoms with Crippen molar-refractivity contribution in [1.82, 2.24) is 0 Å². The smallest absolute Gasteiger partial charge is 0.302 e. The second-order valence-corrected chi connectivity index (χ2v) is 8.65. The van der Waals surface area contributed by atoms with Crippen LogP contribution in [-0.4, -0.2) is 54.9 Å². The summed E-state index contributed by atoms with van der Waals surface area (Å²) in [4.78, 5) is 11.3. The van der Waals surface area contributed by atoms with Gasteiger partial charge in [0.25, 0.3) is 0 Å². The van der Waals surface area contributed by atoms with Crippen LogP contribution < -0.4 is 0 Å². The maximum Gasteiger partial charge on any atom is 0.302 e. The van der Waals surface area contributed by atoms with Gasteiger partial charge in [-0.2, -0.15) is 0 Å². The second kappa shape index (κ2) is 6.95. The fourth-order valence-electron chi connectivity index (χ4n) is 5.37. The largest absolute Gasteiger partial charge is 0.463 e. The van der Waals surface area contributed by atoms with Gasteiger partial charge in [0.1, 0.15) is 31.0 Å². The van der Waals surface area contributed by atoms with Crippen LogP contribution in [0.15, 0.2) is 0 Å². The molecule has 0 aromatic carbocycles. The average Bonchev–Trinajstić information content (AvgIpc) is 3.19. The van der Waals surface area contributed by atoms with Crippen LogP contribution in [0.4, 0.5) is 0 Å². The van der Waals surface area contributed by atoms with E-state index in [1.165, 1.54) is 19.8 Å². The molecular formula is C20H30O7. The highest BCUT2D eigenvalue weighted by molar-refractivity contribution is 5.65. The van der Waals surface area contributed by atoms with Crippen molar-refractivity contribution in [2.24, 2.45) is 0 Å². The lowest BCUT2D eigenvalue weighted by Gasteiger charge is -2.36. The third-order valence-electron chi connectivity index (χ3n) is 6.66. The lowest BCUT2D eigenvalue weighted by atomic mass is 9.94. The van der Waals surface area contributed by atoms with Crippen molar-refractivity contribution in [2.45, 2.75) is 113 Å². The molecule has 2 saturated carbocycles. The Morgan fingerprint density at radius 2 is 1.37 bits per heavy atom. The van der Waals surface area contributed by atoms with E-state index >= 15 is 0 Å². The molecule has 3 saturated heterocycles. The number of hydrogen-bond donors (Lipinski definition) is 0. The molecule has 5 fully saturated rings. The van der Waals surface area contributed by atoms with Gasteiger partial charge in [-0.25, -0.2) is 0 Å². The van der Waals surface area contributed by atoms with Crippen molar-refractivity contribution < 1.29 is 33.2 Å². The predicted octanol–water partition coefficient (Wildman–Crippen LogP) is 2.79. The van der Waals surface area contributed by atoms with E-state index in [0.29, 0.717) is 0 Å². The quantitative estimate of drug-likeness (QED) is 0.680. The Morgan fingerprint density at radius 1 is 0.815 bits per heavy atom.